The van der Waals surface area contributed by atoms with Crippen molar-refractivity contribution in [1.29, 1.82) is 0 Å². The summed E-state index contributed by atoms with van der Waals surface area (Å²) in [5.41, 5.74) is 10.4. The second kappa shape index (κ2) is 5.78. The van der Waals surface area contributed by atoms with Crippen LogP contribution < -0.4 is 5.73 Å². The van der Waals surface area contributed by atoms with E-state index in [2.05, 4.69) is 0 Å². The molecule has 0 fully saturated rings. The second-order valence-corrected chi connectivity index (χ2v) is 5.22. The number of nitrogens with two attached hydrogens (primary N) is 1. The largest absolute Gasteiger partial charge is 0.399 e. The van der Waals surface area contributed by atoms with Crippen molar-refractivity contribution in [2.24, 2.45) is 0 Å². The molecule has 0 saturated heterocycles. The Hall–Kier alpha value is -2.29. The first-order valence-corrected chi connectivity index (χ1v) is 6.64. The van der Waals surface area contributed by atoms with E-state index in [0.29, 0.717) is 6.54 Å². The van der Waals surface area contributed by atoms with Gasteiger partial charge >= 0.3 is 0 Å². The molecule has 3 heteroatoms. The zero-order valence-corrected chi connectivity index (χ0v) is 12.2. The average molecular weight is 268 g/mol. The predicted octanol–water partition coefficient (Wildman–Crippen LogP) is 3.16. The molecule has 1 amide bonds. The van der Waals surface area contributed by atoms with Crippen molar-refractivity contribution in [3.8, 4) is 0 Å². The van der Waals surface area contributed by atoms with E-state index >= 15 is 0 Å². The number of hydrogen-bond acceptors (Lipinski definition) is 2. The highest BCUT2D eigenvalue weighted by Gasteiger charge is 2.14. The summed E-state index contributed by atoms with van der Waals surface area (Å²) >= 11 is 0. The minimum absolute atomic E-state index is 0.0358. The lowest BCUT2D eigenvalue weighted by atomic mass is 10.0. The molecule has 2 rings (SSSR count). The van der Waals surface area contributed by atoms with E-state index in [0.717, 1.165) is 27.9 Å². The molecule has 0 aromatic heterocycles. The lowest BCUT2D eigenvalue weighted by Gasteiger charge is -2.19. The van der Waals surface area contributed by atoms with Gasteiger partial charge in [0.1, 0.15) is 0 Å². The first kappa shape index (κ1) is 14.1. The van der Waals surface area contributed by atoms with Gasteiger partial charge in [-0.05, 0) is 43.2 Å². The summed E-state index contributed by atoms with van der Waals surface area (Å²) in [5.74, 6) is 0.0358. The van der Waals surface area contributed by atoms with Crippen molar-refractivity contribution < 1.29 is 4.79 Å². The van der Waals surface area contributed by atoms with Crippen LogP contribution in [0.25, 0.3) is 0 Å². The number of anilines is 1. The molecule has 0 aliphatic heterocycles. The Kier molecular flexibility index (Phi) is 4.08. The van der Waals surface area contributed by atoms with Crippen molar-refractivity contribution >= 4 is 11.6 Å². The molecule has 0 heterocycles. The quantitative estimate of drug-likeness (QED) is 0.869. The maximum absolute atomic E-state index is 12.5. The summed E-state index contributed by atoms with van der Waals surface area (Å²) < 4.78 is 0. The second-order valence-electron chi connectivity index (χ2n) is 5.22. The Bertz CT molecular complexity index is 635. The fraction of sp³-hybridized carbons (Fsp3) is 0.235. The Morgan fingerprint density at radius 3 is 2.60 bits per heavy atom. The lowest BCUT2D eigenvalue weighted by Crippen LogP contribution is -2.27. The Balaban J connectivity index is 2.18. The van der Waals surface area contributed by atoms with Crippen LogP contribution in [0, 0.1) is 13.8 Å². The average Bonchev–Trinajstić information content (AvgIpc) is 2.40. The van der Waals surface area contributed by atoms with Crippen LogP contribution in [0.5, 0.6) is 0 Å². The van der Waals surface area contributed by atoms with E-state index < -0.39 is 0 Å². The lowest BCUT2D eigenvalue weighted by molar-refractivity contribution is 0.0784. The molecule has 2 N–H and O–H groups in total. The number of aryl methyl sites for hydroxylation is 2. The van der Waals surface area contributed by atoms with Gasteiger partial charge in [-0.2, -0.15) is 0 Å². The molecule has 0 spiro atoms. The number of hydrogen-bond donors (Lipinski definition) is 1. The predicted molar refractivity (Wildman–Crippen MR) is 82.6 cm³/mol. The van der Waals surface area contributed by atoms with E-state index in [-0.39, 0.29) is 5.91 Å². The molecule has 3 nitrogen and oxygen atoms in total. The molecule has 0 unspecified atom stereocenters. The molecule has 2 aromatic rings. The van der Waals surface area contributed by atoms with Crippen LogP contribution in [-0.4, -0.2) is 17.9 Å². The number of amides is 1. The van der Waals surface area contributed by atoms with E-state index in [1.54, 1.807) is 4.90 Å². The van der Waals surface area contributed by atoms with Gasteiger partial charge in [0.2, 0.25) is 0 Å². The van der Waals surface area contributed by atoms with Gasteiger partial charge in [-0.15, -0.1) is 0 Å². The maximum atomic E-state index is 12.5. The first-order chi connectivity index (χ1) is 9.47. The van der Waals surface area contributed by atoms with Crippen LogP contribution >= 0.6 is 0 Å². The molecule has 2 aromatic carbocycles. The molecule has 104 valence electrons. The summed E-state index contributed by atoms with van der Waals surface area (Å²) in [6, 6.07) is 13.6. The van der Waals surface area contributed by atoms with Crippen molar-refractivity contribution in [2.75, 3.05) is 12.8 Å². The van der Waals surface area contributed by atoms with Gasteiger partial charge in [-0.1, -0.05) is 29.8 Å². The number of nitrogen functional groups attached to an aromatic ring is 1. The summed E-state index contributed by atoms with van der Waals surface area (Å²) in [6.45, 7) is 4.51. The molecular weight excluding hydrogens is 248 g/mol. The highest BCUT2D eigenvalue weighted by atomic mass is 16.2. The molecule has 0 radical (unpaired) electrons. The summed E-state index contributed by atoms with van der Waals surface area (Å²) in [7, 11) is 1.81. The first-order valence-electron chi connectivity index (χ1n) is 6.64. The van der Waals surface area contributed by atoms with Gasteiger partial charge in [0.15, 0.2) is 0 Å². The molecule has 0 aliphatic rings. The summed E-state index contributed by atoms with van der Waals surface area (Å²) in [6.07, 6.45) is 0. The van der Waals surface area contributed by atoms with Crippen molar-refractivity contribution in [3.05, 3.63) is 64.7 Å². The third-order valence-corrected chi connectivity index (χ3v) is 3.34. The Morgan fingerprint density at radius 1 is 1.15 bits per heavy atom. The van der Waals surface area contributed by atoms with Crippen molar-refractivity contribution in [1.82, 2.24) is 4.90 Å². The number of carbonyl (C=O) groups excluding carboxylic acids is 1. The Labute approximate surface area is 120 Å². The topological polar surface area (TPSA) is 46.3 Å². The summed E-state index contributed by atoms with van der Waals surface area (Å²) in [5, 5.41) is 0. The third-order valence-electron chi connectivity index (χ3n) is 3.34. The van der Waals surface area contributed by atoms with Crippen molar-refractivity contribution in [2.45, 2.75) is 20.4 Å². The number of nitrogens with zero attached hydrogens (tertiary/aromatic N) is 1. The highest BCUT2D eigenvalue weighted by molar-refractivity contribution is 5.95. The molecule has 0 atom stereocenters. The standard InChI is InChI=1S/C17H20N2O/c1-12-7-8-13(2)16(9-12)17(20)19(3)11-14-5-4-6-15(18)10-14/h4-10H,11,18H2,1-3H3. The minimum atomic E-state index is 0.0358. The van der Waals surface area contributed by atoms with Gasteiger partial charge in [-0.3, -0.25) is 4.79 Å². The van der Waals surface area contributed by atoms with Gasteiger partial charge in [0, 0.05) is 24.8 Å². The monoisotopic (exact) mass is 268 g/mol. The smallest absolute Gasteiger partial charge is 0.254 e. The van der Waals surface area contributed by atoms with Crippen LogP contribution in [0.2, 0.25) is 0 Å². The number of rotatable bonds is 3. The highest BCUT2D eigenvalue weighted by Crippen LogP contribution is 2.15. The van der Waals surface area contributed by atoms with Gasteiger partial charge < -0.3 is 10.6 Å². The van der Waals surface area contributed by atoms with Crippen LogP contribution in [0.15, 0.2) is 42.5 Å². The number of carbonyl (C=O) groups is 1. The van der Waals surface area contributed by atoms with Crippen LogP contribution in [0.3, 0.4) is 0 Å². The van der Waals surface area contributed by atoms with E-state index in [1.807, 2.05) is 63.4 Å². The zero-order chi connectivity index (χ0) is 14.7. The van der Waals surface area contributed by atoms with Crippen LogP contribution in [0.4, 0.5) is 5.69 Å². The van der Waals surface area contributed by atoms with E-state index in [9.17, 15) is 4.79 Å². The zero-order valence-electron chi connectivity index (χ0n) is 12.2. The van der Waals surface area contributed by atoms with Gasteiger partial charge in [-0.25, -0.2) is 0 Å². The fourth-order valence-electron chi connectivity index (χ4n) is 2.21. The maximum Gasteiger partial charge on any atom is 0.254 e. The van der Waals surface area contributed by atoms with Crippen LogP contribution in [0.1, 0.15) is 27.0 Å². The molecule has 0 aliphatic carbocycles. The van der Waals surface area contributed by atoms with Crippen LogP contribution in [-0.2, 0) is 6.54 Å². The fourth-order valence-corrected chi connectivity index (χ4v) is 2.21. The third kappa shape index (κ3) is 3.18. The summed E-state index contributed by atoms with van der Waals surface area (Å²) in [4.78, 5) is 14.2. The van der Waals surface area contributed by atoms with Gasteiger partial charge in [0.05, 0.1) is 0 Å². The minimum Gasteiger partial charge on any atom is -0.399 e. The van der Waals surface area contributed by atoms with E-state index in [4.69, 9.17) is 5.73 Å². The normalized spacial score (nSPS) is 10.3. The molecular formula is C17H20N2O. The molecule has 20 heavy (non-hydrogen) atoms. The molecule has 0 bridgehead atoms. The van der Waals surface area contributed by atoms with Crippen molar-refractivity contribution in [3.63, 3.8) is 0 Å². The van der Waals surface area contributed by atoms with Gasteiger partial charge in [0.25, 0.3) is 5.91 Å². The SMILES string of the molecule is Cc1ccc(C)c(C(=O)N(C)Cc2cccc(N)c2)c1. The molecule has 0 saturated carbocycles. The number of benzene rings is 2. The van der Waals surface area contributed by atoms with E-state index in [1.165, 1.54) is 0 Å². The Morgan fingerprint density at radius 2 is 1.90 bits per heavy atom.